The molecular formula is C15H14N6O2. The van der Waals surface area contributed by atoms with E-state index in [0.29, 0.717) is 11.4 Å². The lowest BCUT2D eigenvalue weighted by atomic mass is 10.1. The summed E-state index contributed by atoms with van der Waals surface area (Å²) in [6.07, 6.45) is 1.55. The number of nitrogens with one attached hydrogen (secondary N) is 1. The van der Waals surface area contributed by atoms with Crippen LogP contribution in [0.4, 0.5) is 11.4 Å². The van der Waals surface area contributed by atoms with E-state index in [-0.39, 0.29) is 36.6 Å². The summed E-state index contributed by atoms with van der Waals surface area (Å²) < 4.78 is 1.32. The SMILES string of the molecule is CC1CC(=O)Nc2ccccc2N1C(=O)Cn1cnc(C#N)n1. The van der Waals surface area contributed by atoms with Crippen molar-refractivity contribution in [1.29, 1.82) is 5.26 Å². The Kier molecular flexibility index (Phi) is 3.76. The van der Waals surface area contributed by atoms with Gasteiger partial charge in [0, 0.05) is 12.5 Å². The lowest BCUT2D eigenvalue weighted by Crippen LogP contribution is -2.41. The van der Waals surface area contributed by atoms with Crippen molar-refractivity contribution in [1.82, 2.24) is 14.8 Å². The smallest absolute Gasteiger partial charge is 0.252 e. The van der Waals surface area contributed by atoms with Crippen LogP contribution in [0.5, 0.6) is 0 Å². The summed E-state index contributed by atoms with van der Waals surface area (Å²) in [5.74, 6) is -0.345. The summed E-state index contributed by atoms with van der Waals surface area (Å²) in [6.45, 7) is 1.77. The molecule has 1 N–H and O–H groups in total. The third kappa shape index (κ3) is 2.89. The van der Waals surface area contributed by atoms with E-state index in [9.17, 15) is 9.59 Å². The summed E-state index contributed by atoms with van der Waals surface area (Å²) >= 11 is 0. The van der Waals surface area contributed by atoms with E-state index >= 15 is 0 Å². The summed E-state index contributed by atoms with van der Waals surface area (Å²) in [6, 6.07) is 8.69. The second kappa shape index (κ2) is 5.88. The van der Waals surface area contributed by atoms with E-state index in [1.165, 1.54) is 11.0 Å². The Bertz CT molecular complexity index is 806. The van der Waals surface area contributed by atoms with Crippen molar-refractivity contribution in [2.75, 3.05) is 10.2 Å². The topological polar surface area (TPSA) is 104 Å². The maximum absolute atomic E-state index is 12.7. The maximum Gasteiger partial charge on any atom is 0.252 e. The van der Waals surface area contributed by atoms with Gasteiger partial charge in [-0.05, 0) is 19.1 Å². The summed E-state index contributed by atoms with van der Waals surface area (Å²) in [5, 5.41) is 15.4. The van der Waals surface area contributed by atoms with Crippen molar-refractivity contribution in [3.8, 4) is 6.07 Å². The van der Waals surface area contributed by atoms with Crippen LogP contribution in [0.15, 0.2) is 30.6 Å². The molecule has 0 bridgehead atoms. The minimum absolute atomic E-state index is 0.0129. The number of amides is 2. The number of anilines is 2. The molecule has 0 saturated carbocycles. The van der Waals surface area contributed by atoms with Gasteiger partial charge < -0.3 is 10.2 Å². The second-order valence-corrected chi connectivity index (χ2v) is 5.26. The molecule has 1 aliphatic rings. The van der Waals surface area contributed by atoms with Crippen molar-refractivity contribution in [2.45, 2.75) is 25.9 Å². The first-order valence-corrected chi connectivity index (χ1v) is 7.09. The standard InChI is InChI=1S/C15H14N6O2/c1-10-6-14(22)18-11-4-2-3-5-12(11)21(10)15(23)8-20-9-17-13(7-16)19-20/h2-5,9-10H,6,8H2,1H3,(H,18,22). The number of rotatable bonds is 2. The van der Waals surface area contributed by atoms with Crippen LogP contribution < -0.4 is 10.2 Å². The fraction of sp³-hybridized carbons (Fsp3) is 0.267. The predicted octanol–water partition coefficient (Wildman–Crippen LogP) is 0.914. The third-order valence-electron chi connectivity index (χ3n) is 3.56. The molecular weight excluding hydrogens is 296 g/mol. The fourth-order valence-electron chi connectivity index (χ4n) is 2.60. The second-order valence-electron chi connectivity index (χ2n) is 5.26. The fourth-order valence-corrected chi connectivity index (χ4v) is 2.60. The Morgan fingerprint density at radius 2 is 2.26 bits per heavy atom. The molecule has 1 unspecified atom stereocenters. The van der Waals surface area contributed by atoms with Gasteiger partial charge in [-0.25, -0.2) is 9.67 Å². The van der Waals surface area contributed by atoms with Crippen LogP contribution in [0.25, 0.3) is 0 Å². The Morgan fingerprint density at radius 1 is 1.48 bits per heavy atom. The zero-order valence-electron chi connectivity index (χ0n) is 12.4. The summed E-state index contributed by atoms with van der Waals surface area (Å²) in [5.41, 5.74) is 1.25. The Morgan fingerprint density at radius 3 is 3.00 bits per heavy atom. The molecule has 8 heteroatoms. The van der Waals surface area contributed by atoms with Crippen LogP contribution in [0.2, 0.25) is 0 Å². The number of hydrogen-bond acceptors (Lipinski definition) is 5. The highest BCUT2D eigenvalue weighted by Crippen LogP contribution is 2.31. The highest BCUT2D eigenvalue weighted by Gasteiger charge is 2.29. The van der Waals surface area contributed by atoms with Crippen molar-refractivity contribution in [3.05, 3.63) is 36.4 Å². The van der Waals surface area contributed by atoms with Gasteiger partial charge in [0.2, 0.25) is 11.8 Å². The zero-order chi connectivity index (χ0) is 16.4. The van der Waals surface area contributed by atoms with Gasteiger partial charge in [-0.3, -0.25) is 9.59 Å². The van der Waals surface area contributed by atoms with Crippen molar-refractivity contribution >= 4 is 23.2 Å². The van der Waals surface area contributed by atoms with Crippen LogP contribution in [0, 0.1) is 11.3 Å². The van der Waals surface area contributed by atoms with E-state index < -0.39 is 0 Å². The average Bonchev–Trinajstić information content (AvgIpc) is 2.91. The molecule has 0 fully saturated rings. The summed E-state index contributed by atoms with van der Waals surface area (Å²) in [7, 11) is 0. The van der Waals surface area contributed by atoms with E-state index in [1.807, 2.05) is 19.1 Å². The highest BCUT2D eigenvalue weighted by molar-refractivity contribution is 6.04. The van der Waals surface area contributed by atoms with Crippen molar-refractivity contribution in [2.24, 2.45) is 0 Å². The average molecular weight is 310 g/mol. The Labute approximate surface area is 132 Å². The van der Waals surface area contributed by atoms with Gasteiger partial charge in [-0.1, -0.05) is 12.1 Å². The number of hydrogen-bond donors (Lipinski definition) is 1. The number of aromatic nitrogens is 3. The molecule has 1 aromatic carbocycles. The molecule has 116 valence electrons. The predicted molar refractivity (Wildman–Crippen MR) is 81.4 cm³/mol. The molecule has 0 radical (unpaired) electrons. The van der Waals surface area contributed by atoms with E-state index in [0.717, 1.165) is 0 Å². The maximum atomic E-state index is 12.7. The molecule has 2 aromatic rings. The van der Waals surface area contributed by atoms with Crippen LogP contribution in [0.3, 0.4) is 0 Å². The number of carbonyl (C=O) groups is 2. The molecule has 3 rings (SSSR count). The number of para-hydroxylation sites is 2. The number of benzene rings is 1. The molecule has 1 aliphatic heterocycles. The molecule has 1 atom stereocenters. The normalized spacial score (nSPS) is 17.0. The molecule has 8 nitrogen and oxygen atoms in total. The van der Waals surface area contributed by atoms with Gasteiger partial charge in [-0.2, -0.15) is 5.26 Å². The lowest BCUT2D eigenvalue weighted by molar-refractivity contribution is -0.120. The van der Waals surface area contributed by atoms with Gasteiger partial charge in [0.25, 0.3) is 5.82 Å². The first-order valence-electron chi connectivity index (χ1n) is 7.09. The first-order chi connectivity index (χ1) is 11.1. The third-order valence-corrected chi connectivity index (χ3v) is 3.56. The van der Waals surface area contributed by atoms with Gasteiger partial charge in [0.15, 0.2) is 0 Å². The molecule has 2 heterocycles. The van der Waals surface area contributed by atoms with E-state index in [4.69, 9.17) is 5.26 Å². The quantitative estimate of drug-likeness (QED) is 0.888. The van der Waals surface area contributed by atoms with Crippen LogP contribution in [0.1, 0.15) is 19.2 Å². The molecule has 0 spiro atoms. The molecule has 23 heavy (non-hydrogen) atoms. The lowest BCUT2D eigenvalue weighted by Gasteiger charge is -2.27. The Hall–Kier alpha value is -3.21. The van der Waals surface area contributed by atoms with Crippen molar-refractivity contribution < 1.29 is 9.59 Å². The molecule has 2 amide bonds. The van der Waals surface area contributed by atoms with E-state index in [2.05, 4.69) is 15.4 Å². The van der Waals surface area contributed by atoms with Gasteiger partial charge in [0.05, 0.1) is 11.4 Å². The van der Waals surface area contributed by atoms with Crippen LogP contribution >= 0.6 is 0 Å². The molecule has 0 saturated heterocycles. The van der Waals surface area contributed by atoms with Crippen molar-refractivity contribution in [3.63, 3.8) is 0 Å². The van der Waals surface area contributed by atoms with Crippen LogP contribution in [-0.2, 0) is 16.1 Å². The number of nitrogens with zero attached hydrogens (tertiary/aromatic N) is 5. The number of fused-ring (bicyclic) bond motifs is 1. The zero-order valence-corrected chi connectivity index (χ0v) is 12.4. The minimum Gasteiger partial charge on any atom is -0.324 e. The first kappa shape index (κ1) is 14.7. The monoisotopic (exact) mass is 310 g/mol. The highest BCUT2D eigenvalue weighted by atomic mass is 16.2. The number of nitriles is 1. The number of carbonyl (C=O) groups excluding carboxylic acids is 2. The minimum atomic E-state index is -0.287. The summed E-state index contributed by atoms with van der Waals surface area (Å²) in [4.78, 5) is 30.0. The van der Waals surface area contributed by atoms with Crippen LogP contribution in [-0.4, -0.2) is 32.6 Å². The van der Waals surface area contributed by atoms with E-state index in [1.54, 1.807) is 23.1 Å². The van der Waals surface area contributed by atoms with Gasteiger partial charge in [0.1, 0.15) is 18.9 Å². The molecule has 1 aromatic heterocycles. The Balaban J connectivity index is 1.91. The van der Waals surface area contributed by atoms with Gasteiger partial charge in [-0.15, -0.1) is 5.10 Å². The molecule has 0 aliphatic carbocycles. The largest absolute Gasteiger partial charge is 0.324 e. The van der Waals surface area contributed by atoms with Gasteiger partial charge >= 0.3 is 0 Å².